The molecule has 0 fully saturated rings. The van der Waals surface area contributed by atoms with Gasteiger partial charge in [0.25, 0.3) is 5.91 Å². The fourth-order valence-electron chi connectivity index (χ4n) is 4.06. The first-order chi connectivity index (χ1) is 13.7. The number of anilines is 1. The van der Waals surface area contributed by atoms with Crippen molar-refractivity contribution in [2.45, 2.75) is 45.3 Å². The van der Waals surface area contributed by atoms with Gasteiger partial charge in [-0.15, -0.1) is 0 Å². The smallest absolute Gasteiger partial charge is 0.263 e. The van der Waals surface area contributed by atoms with Gasteiger partial charge in [0, 0.05) is 0 Å². The van der Waals surface area contributed by atoms with E-state index in [9.17, 15) is 13.2 Å². The lowest BCUT2D eigenvalue weighted by atomic mass is 10.0. The molecule has 1 heterocycles. The summed E-state index contributed by atoms with van der Waals surface area (Å²) in [6.45, 7) is 3.78. The summed E-state index contributed by atoms with van der Waals surface area (Å²) in [4.78, 5) is 12.9. The van der Waals surface area contributed by atoms with Crippen molar-refractivity contribution < 1.29 is 17.9 Å². The predicted octanol–water partition coefficient (Wildman–Crippen LogP) is 2.89. The average molecular weight is 415 g/mol. The fraction of sp³-hybridized carbons (Fsp3) is 0.409. The van der Waals surface area contributed by atoms with Crippen molar-refractivity contribution in [2.24, 2.45) is 0 Å². The molecule has 0 radical (unpaired) electrons. The molecule has 2 aromatic rings. The molecule has 154 valence electrons. The molecular formula is C22H26N2O4S. The van der Waals surface area contributed by atoms with Gasteiger partial charge >= 0.3 is 0 Å². The number of rotatable bonds is 4. The predicted molar refractivity (Wildman–Crippen MR) is 113 cm³/mol. The van der Waals surface area contributed by atoms with E-state index in [1.165, 1.54) is 21.9 Å². The van der Waals surface area contributed by atoms with Crippen LogP contribution in [0.25, 0.3) is 0 Å². The van der Waals surface area contributed by atoms with Crippen molar-refractivity contribution in [2.75, 3.05) is 17.1 Å². The van der Waals surface area contributed by atoms with Gasteiger partial charge in [-0.3, -0.25) is 9.10 Å². The van der Waals surface area contributed by atoms with E-state index < -0.39 is 16.1 Å². The second kappa shape index (κ2) is 7.37. The summed E-state index contributed by atoms with van der Waals surface area (Å²) < 4.78 is 31.8. The number of carbonyl (C=O) groups is 1. The number of nitrogens with zero attached hydrogens (tertiary/aromatic N) is 1. The van der Waals surface area contributed by atoms with Crippen LogP contribution in [-0.4, -0.2) is 33.2 Å². The third-order valence-corrected chi connectivity index (χ3v) is 6.80. The molecule has 1 N–H and O–H groups in total. The van der Waals surface area contributed by atoms with E-state index in [-0.39, 0.29) is 18.5 Å². The topological polar surface area (TPSA) is 75.7 Å². The van der Waals surface area contributed by atoms with Crippen LogP contribution in [0.4, 0.5) is 5.69 Å². The summed E-state index contributed by atoms with van der Waals surface area (Å²) in [7, 11) is -3.54. The van der Waals surface area contributed by atoms with E-state index in [1.54, 1.807) is 12.1 Å². The van der Waals surface area contributed by atoms with Gasteiger partial charge in [-0.2, -0.15) is 0 Å². The minimum Gasteiger partial charge on any atom is -0.476 e. The van der Waals surface area contributed by atoms with Crippen LogP contribution in [0.5, 0.6) is 5.75 Å². The second-order valence-corrected chi connectivity index (χ2v) is 9.89. The van der Waals surface area contributed by atoms with Gasteiger partial charge in [-0.1, -0.05) is 24.3 Å². The van der Waals surface area contributed by atoms with Crippen LogP contribution in [0, 0.1) is 6.92 Å². The lowest BCUT2D eigenvalue weighted by Crippen LogP contribution is -2.50. The van der Waals surface area contributed by atoms with Crippen molar-refractivity contribution in [3.8, 4) is 5.75 Å². The number of ether oxygens (including phenoxy) is 1. The van der Waals surface area contributed by atoms with E-state index in [1.807, 2.05) is 19.9 Å². The molecule has 2 aromatic carbocycles. The SMILES string of the molecule is Cc1ccc2c(c1)N(S(C)(=O)=O)C[C@@H](C(=O)N[C@@H](C)c1ccc3c(c1)CCC3)O2. The van der Waals surface area contributed by atoms with Gasteiger partial charge in [0.05, 0.1) is 24.5 Å². The molecule has 0 aromatic heterocycles. The van der Waals surface area contributed by atoms with Crippen LogP contribution in [-0.2, 0) is 27.7 Å². The van der Waals surface area contributed by atoms with Crippen molar-refractivity contribution in [3.05, 3.63) is 58.7 Å². The van der Waals surface area contributed by atoms with Crippen LogP contribution in [0.1, 0.15) is 41.6 Å². The lowest BCUT2D eigenvalue weighted by Gasteiger charge is -2.34. The minimum absolute atomic E-state index is 0.0436. The molecule has 2 atom stereocenters. The number of carbonyl (C=O) groups excluding carboxylic acids is 1. The van der Waals surface area contributed by atoms with Crippen LogP contribution in [0.15, 0.2) is 36.4 Å². The first-order valence-electron chi connectivity index (χ1n) is 9.89. The molecule has 29 heavy (non-hydrogen) atoms. The molecule has 4 rings (SSSR count). The third kappa shape index (κ3) is 3.96. The Balaban J connectivity index is 1.53. The van der Waals surface area contributed by atoms with Crippen LogP contribution < -0.4 is 14.4 Å². The Morgan fingerprint density at radius 1 is 1.17 bits per heavy atom. The van der Waals surface area contributed by atoms with Gasteiger partial charge in [0.1, 0.15) is 5.75 Å². The van der Waals surface area contributed by atoms with Gasteiger partial charge in [-0.05, 0) is 67.5 Å². The van der Waals surface area contributed by atoms with Gasteiger partial charge in [-0.25, -0.2) is 8.42 Å². The maximum atomic E-state index is 12.9. The zero-order valence-electron chi connectivity index (χ0n) is 16.9. The van der Waals surface area contributed by atoms with Crippen molar-refractivity contribution >= 4 is 21.6 Å². The number of benzene rings is 2. The molecule has 0 saturated heterocycles. The molecule has 0 unspecified atom stereocenters. The van der Waals surface area contributed by atoms with E-state index in [0.717, 1.165) is 30.2 Å². The molecular weight excluding hydrogens is 388 g/mol. The van der Waals surface area contributed by atoms with Crippen molar-refractivity contribution in [3.63, 3.8) is 0 Å². The number of aryl methyl sites for hydroxylation is 3. The molecule has 1 aliphatic carbocycles. The van der Waals surface area contributed by atoms with Gasteiger partial charge in [0.15, 0.2) is 6.10 Å². The summed E-state index contributed by atoms with van der Waals surface area (Å²) in [5, 5.41) is 2.99. The molecule has 0 spiro atoms. The first kappa shape index (κ1) is 19.8. The number of hydrogen-bond donors (Lipinski definition) is 1. The molecule has 2 aliphatic rings. The maximum Gasteiger partial charge on any atom is 0.263 e. The zero-order valence-corrected chi connectivity index (χ0v) is 17.8. The third-order valence-electron chi connectivity index (χ3n) is 5.66. The highest BCUT2D eigenvalue weighted by molar-refractivity contribution is 7.92. The number of amides is 1. The second-order valence-electron chi connectivity index (χ2n) is 7.98. The summed E-state index contributed by atoms with van der Waals surface area (Å²) in [6.07, 6.45) is 3.61. The van der Waals surface area contributed by atoms with Crippen LogP contribution in [0.2, 0.25) is 0 Å². The summed E-state index contributed by atoms with van der Waals surface area (Å²) in [6, 6.07) is 11.5. The fourth-order valence-corrected chi connectivity index (χ4v) is 4.97. The average Bonchev–Trinajstić information content (AvgIpc) is 3.14. The summed E-state index contributed by atoms with van der Waals surface area (Å²) in [5.74, 6) is 0.0792. The first-order valence-corrected chi connectivity index (χ1v) is 11.7. The molecule has 0 bridgehead atoms. The number of nitrogens with one attached hydrogen (secondary N) is 1. The highest BCUT2D eigenvalue weighted by Gasteiger charge is 2.35. The Bertz CT molecular complexity index is 1060. The van der Waals surface area contributed by atoms with E-state index >= 15 is 0 Å². The minimum atomic E-state index is -3.54. The standard InChI is InChI=1S/C22H26N2O4S/c1-14-7-10-20-19(11-14)24(29(3,26)27)13-21(28-20)22(25)23-15(2)17-9-8-16-5-4-6-18(16)12-17/h7-12,15,21H,4-6,13H2,1-3H3,(H,23,25)/t15-,21-/m0/s1. The molecule has 6 nitrogen and oxygen atoms in total. The van der Waals surface area contributed by atoms with E-state index in [0.29, 0.717) is 11.4 Å². The highest BCUT2D eigenvalue weighted by Crippen LogP contribution is 2.36. The Kier molecular flexibility index (Phi) is 5.02. The lowest BCUT2D eigenvalue weighted by molar-refractivity contribution is -0.128. The van der Waals surface area contributed by atoms with Gasteiger partial charge in [0.2, 0.25) is 10.0 Å². The summed E-state index contributed by atoms with van der Waals surface area (Å²) >= 11 is 0. The Labute approximate surface area is 171 Å². The number of hydrogen-bond acceptors (Lipinski definition) is 4. The van der Waals surface area contributed by atoms with E-state index in [4.69, 9.17) is 4.74 Å². The maximum absolute atomic E-state index is 12.9. The van der Waals surface area contributed by atoms with Crippen LogP contribution in [0.3, 0.4) is 0 Å². The Morgan fingerprint density at radius 3 is 2.69 bits per heavy atom. The normalized spacial score (nSPS) is 19.1. The highest BCUT2D eigenvalue weighted by atomic mass is 32.2. The van der Waals surface area contributed by atoms with E-state index in [2.05, 4.69) is 23.5 Å². The number of fused-ring (bicyclic) bond motifs is 2. The van der Waals surface area contributed by atoms with Gasteiger partial charge < -0.3 is 10.1 Å². The Hall–Kier alpha value is -2.54. The van der Waals surface area contributed by atoms with Crippen molar-refractivity contribution in [1.29, 1.82) is 0 Å². The number of sulfonamides is 1. The molecule has 0 saturated carbocycles. The summed E-state index contributed by atoms with van der Waals surface area (Å²) in [5.41, 5.74) is 5.19. The quantitative estimate of drug-likeness (QED) is 0.835. The molecule has 1 amide bonds. The zero-order chi connectivity index (χ0) is 20.8. The molecule has 7 heteroatoms. The molecule has 1 aliphatic heterocycles. The van der Waals surface area contributed by atoms with Crippen LogP contribution >= 0.6 is 0 Å². The van der Waals surface area contributed by atoms with Crippen molar-refractivity contribution in [1.82, 2.24) is 5.32 Å². The monoisotopic (exact) mass is 414 g/mol. The Morgan fingerprint density at radius 2 is 1.93 bits per heavy atom. The largest absolute Gasteiger partial charge is 0.476 e.